The summed E-state index contributed by atoms with van der Waals surface area (Å²) in [5, 5.41) is 8.34. The van der Waals surface area contributed by atoms with Gasteiger partial charge in [0.25, 0.3) is 0 Å². The van der Waals surface area contributed by atoms with Crippen LogP contribution in [0.15, 0.2) is 24.4 Å². The first-order valence-electron chi connectivity index (χ1n) is 12.3. The van der Waals surface area contributed by atoms with E-state index in [4.69, 9.17) is 14.7 Å². The Balaban J connectivity index is 1.19. The summed E-state index contributed by atoms with van der Waals surface area (Å²) in [6, 6.07) is 7.24. The molecule has 176 valence electrons. The van der Waals surface area contributed by atoms with Crippen LogP contribution in [0.4, 0.5) is 11.8 Å². The fourth-order valence-corrected chi connectivity index (χ4v) is 5.46. The molecule has 2 aliphatic rings. The second-order valence-electron chi connectivity index (χ2n) is 9.48. The number of aryl methyl sites for hydroxylation is 1. The van der Waals surface area contributed by atoms with Gasteiger partial charge in [0.2, 0.25) is 5.95 Å². The first kappa shape index (κ1) is 22.0. The van der Waals surface area contributed by atoms with E-state index in [0.717, 1.165) is 55.3 Å². The van der Waals surface area contributed by atoms with Gasteiger partial charge in [-0.05, 0) is 75.1 Å². The zero-order valence-corrected chi connectivity index (χ0v) is 20.1. The van der Waals surface area contributed by atoms with Crippen molar-refractivity contribution in [3.05, 3.63) is 41.2 Å². The number of methoxy groups -OCH3 is 1. The average Bonchev–Trinajstić information content (AvgIpc) is 3.28. The molecule has 5 rings (SSSR count). The molecular formula is C26H36N6O. The molecule has 0 aliphatic heterocycles. The minimum absolute atomic E-state index is 0.492. The van der Waals surface area contributed by atoms with Gasteiger partial charge in [-0.3, -0.25) is 0 Å². The number of anilines is 2. The molecule has 0 saturated heterocycles. The molecular weight excluding hydrogens is 412 g/mol. The second-order valence-corrected chi connectivity index (χ2v) is 9.48. The number of fused-ring (bicyclic) bond motifs is 2. The van der Waals surface area contributed by atoms with E-state index in [1.165, 1.54) is 47.9 Å². The van der Waals surface area contributed by atoms with Gasteiger partial charge in [0, 0.05) is 55.4 Å². The van der Waals surface area contributed by atoms with Crippen molar-refractivity contribution in [2.45, 2.75) is 70.0 Å². The summed E-state index contributed by atoms with van der Waals surface area (Å²) < 4.78 is 5.40. The topological polar surface area (TPSA) is 78.1 Å². The first-order valence-corrected chi connectivity index (χ1v) is 12.3. The Morgan fingerprint density at radius 3 is 2.73 bits per heavy atom. The number of hydrogen-bond acceptors (Lipinski definition) is 6. The molecule has 2 aliphatic carbocycles. The summed E-state index contributed by atoms with van der Waals surface area (Å²) in [6.07, 6.45) is 11.4. The molecule has 1 aromatic carbocycles. The van der Waals surface area contributed by atoms with Crippen molar-refractivity contribution in [2.24, 2.45) is 0 Å². The largest absolute Gasteiger partial charge is 0.497 e. The van der Waals surface area contributed by atoms with Gasteiger partial charge in [0.1, 0.15) is 11.6 Å². The third kappa shape index (κ3) is 4.51. The van der Waals surface area contributed by atoms with Gasteiger partial charge in [-0.15, -0.1) is 0 Å². The number of benzene rings is 1. The lowest BCUT2D eigenvalue weighted by atomic mass is 9.90. The maximum absolute atomic E-state index is 5.40. The Hall–Kier alpha value is -2.80. The number of aromatic amines is 1. The van der Waals surface area contributed by atoms with Crippen LogP contribution in [0.5, 0.6) is 5.75 Å². The van der Waals surface area contributed by atoms with Crippen LogP contribution in [0.2, 0.25) is 0 Å². The maximum atomic E-state index is 5.40. The Bertz CT molecular complexity index is 1080. The molecule has 2 heterocycles. The van der Waals surface area contributed by atoms with E-state index in [1.54, 1.807) is 7.11 Å². The first-order chi connectivity index (χ1) is 16.2. The van der Waals surface area contributed by atoms with E-state index in [-0.39, 0.29) is 0 Å². The van der Waals surface area contributed by atoms with E-state index in [1.807, 2.05) is 13.1 Å². The number of aromatic nitrogens is 3. The Labute approximate surface area is 196 Å². The highest BCUT2D eigenvalue weighted by atomic mass is 16.5. The third-order valence-electron chi connectivity index (χ3n) is 7.52. The van der Waals surface area contributed by atoms with Crippen molar-refractivity contribution < 1.29 is 4.74 Å². The highest BCUT2D eigenvalue weighted by molar-refractivity contribution is 5.84. The van der Waals surface area contributed by atoms with E-state index < -0.39 is 0 Å². The molecule has 0 amide bonds. The lowest BCUT2D eigenvalue weighted by Gasteiger charge is -2.35. The molecule has 3 N–H and O–H groups in total. The number of nitrogens with one attached hydrogen (secondary N) is 3. The zero-order valence-electron chi connectivity index (χ0n) is 20.1. The minimum Gasteiger partial charge on any atom is -0.497 e. The molecule has 0 bridgehead atoms. The molecule has 2 aromatic heterocycles. The average molecular weight is 449 g/mol. The van der Waals surface area contributed by atoms with Crippen LogP contribution < -0.4 is 20.3 Å². The molecule has 7 nitrogen and oxygen atoms in total. The van der Waals surface area contributed by atoms with Crippen LogP contribution in [0.1, 0.15) is 55.3 Å². The lowest BCUT2D eigenvalue weighted by molar-refractivity contribution is 0.334. The summed E-state index contributed by atoms with van der Waals surface area (Å²) in [7, 11) is 5.86. The quantitative estimate of drug-likeness (QED) is 0.497. The van der Waals surface area contributed by atoms with Crippen molar-refractivity contribution in [2.75, 3.05) is 31.4 Å². The fraction of sp³-hybridized carbons (Fsp3) is 0.538. The third-order valence-corrected chi connectivity index (χ3v) is 7.52. The van der Waals surface area contributed by atoms with Crippen LogP contribution in [0.3, 0.4) is 0 Å². The van der Waals surface area contributed by atoms with Crippen molar-refractivity contribution in [1.82, 2.24) is 20.3 Å². The number of hydrogen-bond donors (Lipinski definition) is 3. The number of ether oxygens (including phenoxy) is 1. The van der Waals surface area contributed by atoms with Crippen LogP contribution in [-0.2, 0) is 19.4 Å². The normalized spacial score (nSPS) is 20.5. The van der Waals surface area contributed by atoms with Crippen molar-refractivity contribution in [1.29, 1.82) is 0 Å². The van der Waals surface area contributed by atoms with E-state index in [9.17, 15) is 0 Å². The molecule has 3 aromatic rings. The second kappa shape index (κ2) is 9.59. The number of H-pyrrole nitrogens is 1. The summed E-state index contributed by atoms with van der Waals surface area (Å²) in [5.41, 5.74) is 5.02. The maximum Gasteiger partial charge on any atom is 0.227 e. The molecule has 33 heavy (non-hydrogen) atoms. The molecule has 1 saturated carbocycles. The fourth-order valence-electron chi connectivity index (χ4n) is 5.46. The van der Waals surface area contributed by atoms with Crippen molar-refractivity contribution in [3.8, 4) is 5.75 Å². The van der Waals surface area contributed by atoms with Gasteiger partial charge in [0.15, 0.2) is 0 Å². The monoisotopic (exact) mass is 448 g/mol. The van der Waals surface area contributed by atoms with Gasteiger partial charge in [-0.2, -0.15) is 4.98 Å². The summed E-state index contributed by atoms with van der Waals surface area (Å²) >= 11 is 0. The van der Waals surface area contributed by atoms with Crippen molar-refractivity contribution in [3.63, 3.8) is 0 Å². The summed E-state index contributed by atoms with van der Waals surface area (Å²) in [6.45, 7) is 0.873. The SMILES string of the molecule is CNc1nc(N(C)C2CCC(NCc3c[nH]c4ccc(OC)cc34)CC2)nc2c1CCCC2. The molecule has 0 unspecified atom stereocenters. The van der Waals surface area contributed by atoms with Gasteiger partial charge >= 0.3 is 0 Å². The van der Waals surface area contributed by atoms with Gasteiger partial charge in [-0.1, -0.05) is 0 Å². The van der Waals surface area contributed by atoms with Crippen LogP contribution in [0.25, 0.3) is 10.9 Å². The van der Waals surface area contributed by atoms with Gasteiger partial charge in [-0.25, -0.2) is 4.98 Å². The van der Waals surface area contributed by atoms with Crippen LogP contribution in [-0.4, -0.2) is 48.2 Å². The lowest BCUT2D eigenvalue weighted by Crippen LogP contribution is -2.41. The number of nitrogens with zero attached hydrogens (tertiary/aromatic N) is 3. The molecule has 0 atom stereocenters. The van der Waals surface area contributed by atoms with E-state index >= 15 is 0 Å². The van der Waals surface area contributed by atoms with Gasteiger partial charge in [0.05, 0.1) is 12.8 Å². The molecule has 1 fully saturated rings. The van der Waals surface area contributed by atoms with Crippen LogP contribution >= 0.6 is 0 Å². The Morgan fingerprint density at radius 2 is 1.94 bits per heavy atom. The van der Waals surface area contributed by atoms with Crippen molar-refractivity contribution >= 4 is 22.7 Å². The van der Waals surface area contributed by atoms with Crippen LogP contribution in [0, 0.1) is 0 Å². The zero-order chi connectivity index (χ0) is 22.8. The highest BCUT2D eigenvalue weighted by Crippen LogP contribution is 2.30. The highest BCUT2D eigenvalue weighted by Gasteiger charge is 2.27. The predicted molar refractivity (Wildman–Crippen MR) is 134 cm³/mol. The van der Waals surface area contributed by atoms with E-state index in [0.29, 0.717) is 12.1 Å². The van der Waals surface area contributed by atoms with Gasteiger partial charge < -0.3 is 25.3 Å². The smallest absolute Gasteiger partial charge is 0.227 e. The Kier molecular flexibility index (Phi) is 6.40. The standard InChI is InChI=1S/C26H36N6O/c1-27-25-21-6-4-5-7-24(21)30-26(31-25)32(2)19-10-8-18(9-11-19)28-15-17-16-29-23-13-12-20(33-3)14-22(17)23/h12-14,16,18-19,28-29H,4-11,15H2,1-3H3,(H,27,30,31). The van der Waals surface area contributed by atoms with E-state index in [2.05, 4.69) is 45.9 Å². The number of rotatable bonds is 7. The minimum atomic E-state index is 0.492. The Morgan fingerprint density at radius 1 is 1.12 bits per heavy atom. The molecule has 0 spiro atoms. The molecule has 0 radical (unpaired) electrons. The predicted octanol–water partition coefficient (Wildman–Crippen LogP) is 4.42. The molecule has 7 heteroatoms. The summed E-state index contributed by atoms with van der Waals surface area (Å²) in [4.78, 5) is 15.6. The summed E-state index contributed by atoms with van der Waals surface area (Å²) in [5.74, 6) is 2.80.